The first-order chi connectivity index (χ1) is 12.5. The van der Waals surface area contributed by atoms with Gasteiger partial charge in [-0.3, -0.25) is 0 Å². The van der Waals surface area contributed by atoms with Crippen LogP contribution < -0.4 is 10.6 Å². The second kappa shape index (κ2) is 9.91. The fourth-order valence-electron chi connectivity index (χ4n) is 2.36. The normalized spacial score (nSPS) is 12.0. The second-order valence-corrected chi connectivity index (χ2v) is 7.85. The van der Waals surface area contributed by atoms with E-state index in [4.69, 9.17) is 0 Å². The highest BCUT2D eigenvalue weighted by atomic mass is 32.2. The van der Waals surface area contributed by atoms with E-state index < -0.39 is 9.84 Å². The molecule has 2 N–H and O–H groups in total. The molecule has 0 saturated heterocycles. The predicted octanol–water partition coefficient (Wildman–Crippen LogP) is 2.74. The van der Waals surface area contributed by atoms with Gasteiger partial charge in [0.2, 0.25) is 0 Å². The summed E-state index contributed by atoms with van der Waals surface area (Å²) in [4.78, 5) is 4.73. The van der Waals surface area contributed by atoms with E-state index in [9.17, 15) is 12.8 Å². The van der Waals surface area contributed by atoms with Crippen LogP contribution in [0.4, 0.5) is 4.39 Å². The lowest BCUT2D eigenvalue weighted by molar-refractivity contribution is 0.592. The van der Waals surface area contributed by atoms with E-state index in [1.54, 1.807) is 36.4 Å². The Labute approximate surface area is 154 Å². The number of hydrogen-bond donors (Lipinski definition) is 2. The molecular weight excluding hydrogens is 353 g/mol. The number of benzene rings is 2. The van der Waals surface area contributed by atoms with Crippen LogP contribution in [0.15, 0.2) is 64.5 Å². The van der Waals surface area contributed by atoms with E-state index in [0.717, 1.165) is 5.56 Å². The molecule has 2 aromatic carbocycles. The topological polar surface area (TPSA) is 70.6 Å². The van der Waals surface area contributed by atoms with Crippen LogP contribution in [0.25, 0.3) is 0 Å². The molecule has 0 saturated carbocycles. The minimum Gasteiger partial charge on any atom is -0.357 e. The zero-order valence-corrected chi connectivity index (χ0v) is 15.6. The molecule has 0 unspecified atom stereocenters. The number of sulfone groups is 1. The molecule has 0 aliphatic carbocycles. The average molecular weight is 377 g/mol. The molecule has 140 valence electrons. The van der Waals surface area contributed by atoms with Gasteiger partial charge in [-0.2, -0.15) is 0 Å². The SMILES string of the molecule is CCNC(=NCc1cccc(F)c1)NCCCS(=O)(=O)c1ccccc1. The molecule has 5 nitrogen and oxygen atoms in total. The molecule has 0 aliphatic rings. The quantitative estimate of drug-likeness (QED) is 0.422. The third-order valence-corrected chi connectivity index (χ3v) is 5.45. The van der Waals surface area contributed by atoms with Crippen LogP contribution in [0, 0.1) is 5.82 Å². The van der Waals surface area contributed by atoms with Gasteiger partial charge in [0.1, 0.15) is 5.82 Å². The van der Waals surface area contributed by atoms with E-state index in [-0.39, 0.29) is 11.6 Å². The number of halogens is 1. The zero-order valence-electron chi connectivity index (χ0n) is 14.8. The lowest BCUT2D eigenvalue weighted by atomic mass is 10.2. The lowest BCUT2D eigenvalue weighted by Crippen LogP contribution is -2.38. The van der Waals surface area contributed by atoms with Crippen molar-refractivity contribution < 1.29 is 12.8 Å². The number of nitrogens with zero attached hydrogens (tertiary/aromatic N) is 1. The highest BCUT2D eigenvalue weighted by molar-refractivity contribution is 7.91. The smallest absolute Gasteiger partial charge is 0.191 e. The van der Waals surface area contributed by atoms with Gasteiger partial charge in [-0.05, 0) is 43.2 Å². The Balaban J connectivity index is 1.85. The maximum absolute atomic E-state index is 13.2. The molecule has 26 heavy (non-hydrogen) atoms. The van der Waals surface area contributed by atoms with E-state index in [1.165, 1.54) is 12.1 Å². The van der Waals surface area contributed by atoms with Crippen LogP contribution in [0.3, 0.4) is 0 Å². The Kier molecular flexibility index (Phi) is 7.59. The molecule has 0 aromatic heterocycles. The largest absolute Gasteiger partial charge is 0.357 e. The van der Waals surface area contributed by atoms with Gasteiger partial charge in [0, 0.05) is 13.1 Å². The number of aliphatic imine (C=N–C) groups is 1. The summed E-state index contributed by atoms with van der Waals surface area (Å²) < 4.78 is 37.7. The van der Waals surface area contributed by atoms with Gasteiger partial charge >= 0.3 is 0 Å². The molecule has 0 spiro atoms. The first-order valence-corrected chi connectivity index (χ1v) is 10.2. The molecule has 0 amide bonds. The van der Waals surface area contributed by atoms with Gasteiger partial charge in [-0.15, -0.1) is 0 Å². The third-order valence-electron chi connectivity index (χ3n) is 3.64. The second-order valence-electron chi connectivity index (χ2n) is 5.74. The van der Waals surface area contributed by atoms with Crippen molar-refractivity contribution in [1.29, 1.82) is 0 Å². The first-order valence-electron chi connectivity index (χ1n) is 8.55. The van der Waals surface area contributed by atoms with Crippen molar-refractivity contribution in [3.8, 4) is 0 Å². The van der Waals surface area contributed by atoms with E-state index >= 15 is 0 Å². The van der Waals surface area contributed by atoms with Crippen molar-refractivity contribution >= 4 is 15.8 Å². The molecule has 0 atom stereocenters. The minimum absolute atomic E-state index is 0.0628. The number of hydrogen-bond acceptors (Lipinski definition) is 3. The van der Waals surface area contributed by atoms with Gasteiger partial charge in [0.05, 0.1) is 17.2 Å². The molecule has 0 radical (unpaired) electrons. The average Bonchev–Trinajstić information content (AvgIpc) is 2.64. The fourth-order valence-corrected chi connectivity index (χ4v) is 3.69. The maximum Gasteiger partial charge on any atom is 0.191 e. The standard InChI is InChI=1S/C19H24FN3O2S/c1-2-21-19(23-15-16-8-6-9-17(20)14-16)22-12-7-13-26(24,25)18-10-4-3-5-11-18/h3-6,8-11,14H,2,7,12-13,15H2,1H3,(H2,21,22,23). The van der Waals surface area contributed by atoms with E-state index in [2.05, 4.69) is 15.6 Å². The van der Waals surface area contributed by atoms with Gasteiger partial charge < -0.3 is 10.6 Å². The molecule has 0 bridgehead atoms. The third kappa shape index (κ3) is 6.48. The molecular formula is C19H24FN3O2S. The molecule has 2 aromatic rings. The summed E-state index contributed by atoms with van der Waals surface area (Å²) in [5.74, 6) is 0.350. The van der Waals surface area contributed by atoms with Crippen LogP contribution in [0.1, 0.15) is 18.9 Å². The van der Waals surface area contributed by atoms with Gasteiger partial charge in [0.15, 0.2) is 15.8 Å². The van der Waals surface area contributed by atoms with Crippen molar-refractivity contribution in [3.05, 3.63) is 66.0 Å². The summed E-state index contributed by atoms with van der Waals surface area (Å²) in [6, 6.07) is 14.7. The molecule has 0 aliphatic heterocycles. The zero-order chi connectivity index (χ0) is 18.8. The molecule has 0 fully saturated rings. The summed E-state index contributed by atoms with van der Waals surface area (Å²) in [7, 11) is -3.27. The summed E-state index contributed by atoms with van der Waals surface area (Å²) in [5, 5.41) is 6.20. The van der Waals surface area contributed by atoms with Gasteiger partial charge in [-0.25, -0.2) is 17.8 Å². The van der Waals surface area contributed by atoms with Crippen molar-refractivity contribution in [2.24, 2.45) is 4.99 Å². The highest BCUT2D eigenvalue weighted by Gasteiger charge is 2.13. The van der Waals surface area contributed by atoms with Crippen LogP contribution in [0.5, 0.6) is 0 Å². The lowest BCUT2D eigenvalue weighted by Gasteiger charge is -2.11. The van der Waals surface area contributed by atoms with Crippen molar-refractivity contribution in [1.82, 2.24) is 10.6 Å². The Hall–Kier alpha value is -2.41. The minimum atomic E-state index is -3.27. The molecule has 0 heterocycles. The number of nitrogens with one attached hydrogen (secondary N) is 2. The Morgan fingerprint density at radius 1 is 1.08 bits per heavy atom. The van der Waals surface area contributed by atoms with Crippen molar-refractivity contribution in [3.63, 3.8) is 0 Å². The number of rotatable bonds is 8. The fraction of sp³-hybridized carbons (Fsp3) is 0.316. The predicted molar refractivity (Wildman–Crippen MR) is 102 cm³/mol. The van der Waals surface area contributed by atoms with Crippen molar-refractivity contribution in [2.75, 3.05) is 18.8 Å². The van der Waals surface area contributed by atoms with E-state index in [0.29, 0.717) is 36.9 Å². The highest BCUT2D eigenvalue weighted by Crippen LogP contribution is 2.10. The maximum atomic E-state index is 13.2. The van der Waals surface area contributed by atoms with E-state index in [1.807, 2.05) is 13.0 Å². The first kappa shape index (κ1) is 19.9. The number of guanidine groups is 1. The Bertz CT molecular complexity index is 824. The summed E-state index contributed by atoms with van der Waals surface area (Å²) in [6.07, 6.45) is 0.460. The molecule has 7 heteroatoms. The van der Waals surface area contributed by atoms with Gasteiger partial charge in [0.25, 0.3) is 0 Å². The van der Waals surface area contributed by atoms with Gasteiger partial charge in [-0.1, -0.05) is 30.3 Å². The van der Waals surface area contributed by atoms with Crippen LogP contribution in [-0.4, -0.2) is 33.2 Å². The van der Waals surface area contributed by atoms with Crippen LogP contribution in [-0.2, 0) is 16.4 Å². The monoisotopic (exact) mass is 377 g/mol. The van der Waals surface area contributed by atoms with Crippen LogP contribution in [0.2, 0.25) is 0 Å². The molecule has 2 rings (SSSR count). The Morgan fingerprint density at radius 3 is 2.54 bits per heavy atom. The van der Waals surface area contributed by atoms with Crippen molar-refractivity contribution in [2.45, 2.75) is 24.8 Å². The Morgan fingerprint density at radius 2 is 1.85 bits per heavy atom. The summed E-state index contributed by atoms with van der Waals surface area (Å²) >= 11 is 0. The van der Waals surface area contributed by atoms with Crippen LogP contribution >= 0.6 is 0 Å². The summed E-state index contributed by atoms with van der Waals surface area (Å²) in [6.45, 7) is 3.44. The summed E-state index contributed by atoms with van der Waals surface area (Å²) in [5.41, 5.74) is 0.772.